The van der Waals surface area contributed by atoms with Gasteiger partial charge in [0.2, 0.25) is 0 Å². The van der Waals surface area contributed by atoms with Crippen molar-refractivity contribution in [3.8, 4) is 0 Å². The largest absolute Gasteiger partial charge is 0.396 e. The van der Waals surface area contributed by atoms with Gasteiger partial charge in [0.1, 0.15) is 0 Å². The van der Waals surface area contributed by atoms with Crippen LogP contribution in [0.15, 0.2) is 0 Å². The van der Waals surface area contributed by atoms with Crippen LogP contribution in [0.5, 0.6) is 0 Å². The van der Waals surface area contributed by atoms with Gasteiger partial charge in [0.15, 0.2) is 0 Å². The lowest BCUT2D eigenvalue weighted by molar-refractivity contribution is 0.135. The molecule has 0 fully saturated rings. The van der Waals surface area contributed by atoms with E-state index in [0.717, 1.165) is 0 Å². The van der Waals surface area contributed by atoms with Crippen LogP contribution in [0.4, 0.5) is 0 Å². The lowest BCUT2D eigenvalue weighted by Gasteiger charge is -2.16. The second kappa shape index (κ2) is 4.73. The van der Waals surface area contributed by atoms with Gasteiger partial charge in [-0.1, -0.05) is 6.92 Å². The fourth-order valence-electron chi connectivity index (χ4n) is 0.636. The Balaban J connectivity index is 3.50. The predicted molar refractivity (Wildman–Crippen MR) is 35.9 cm³/mol. The zero-order valence-corrected chi connectivity index (χ0v) is 5.75. The van der Waals surface area contributed by atoms with Crippen LogP contribution < -0.4 is 5.73 Å². The first-order chi connectivity index (χ1) is 4.26. The molecule has 4 N–H and O–H groups in total. The fraction of sp³-hybridized carbons (Fsp3) is 1.00. The molecule has 0 saturated carbocycles. The molecule has 0 rings (SSSR count). The van der Waals surface area contributed by atoms with Gasteiger partial charge in [-0.15, -0.1) is 0 Å². The molecular weight excluding hydrogens is 118 g/mol. The quantitative estimate of drug-likeness (QED) is 0.469. The molecule has 0 saturated heterocycles. The molecular formula is C6H15NO2. The van der Waals surface area contributed by atoms with Crippen LogP contribution in [-0.2, 0) is 0 Å². The van der Waals surface area contributed by atoms with Gasteiger partial charge in [0, 0.05) is 13.2 Å². The van der Waals surface area contributed by atoms with Crippen molar-refractivity contribution in [2.45, 2.75) is 6.92 Å². The van der Waals surface area contributed by atoms with E-state index in [9.17, 15) is 0 Å². The van der Waals surface area contributed by atoms with Crippen LogP contribution >= 0.6 is 0 Å². The summed E-state index contributed by atoms with van der Waals surface area (Å²) < 4.78 is 0. The number of hydrogen-bond donors (Lipinski definition) is 3. The first kappa shape index (κ1) is 8.88. The molecule has 3 heteroatoms. The van der Waals surface area contributed by atoms with Gasteiger partial charge in [0.25, 0.3) is 0 Å². The lowest BCUT2D eigenvalue weighted by atomic mass is 9.96. The average molecular weight is 133 g/mol. The van der Waals surface area contributed by atoms with Gasteiger partial charge < -0.3 is 15.9 Å². The van der Waals surface area contributed by atoms with Crippen LogP contribution in [0.3, 0.4) is 0 Å². The number of hydrogen-bond acceptors (Lipinski definition) is 3. The van der Waals surface area contributed by atoms with Gasteiger partial charge in [-0.2, -0.15) is 0 Å². The summed E-state index contributed by atoms with van der Waals surface area (Å²) in [5.74, 6) is 0.162. The Kier molecular flexibility index (Phi) is 4.67. The maximum atomic E-state index is 8.64. The van der Waals surface area contributed by atoms with Crippen LogP contribution in [-0.4, -0.2) is 30.0 Å². The number of nitrogens with two attached hydrogens (primary N) is 1. The van der Waals surface area contributed by atoms with Gasteiger partial charge in [-0.3, -0.25) is 0 Å². The van der Waals surface area contributed by atoms with Crippen molar-refractivity contribution in [1.29, 1.82) is 0 Å². The summed E-state index contributed by atoms with van der Waals surface area (Å²) in [6.45, 7) is 2.48. The maximum absolute atomic E-state index is 8.64. The van der Waals surface area contributed by atoms with E-state index in [1.165, 1.54) is 0 Å². The van der Waals surface area contributed by atoms with Gasteiger partial charge in [-0.25, -0.2) is 0 Å². The van der Waals surface area contributed by atoms with E-state index in [2.05, 4.69) is 0 Å². The molecule has 0 bridgehead atoms. The Hall–Kier alpha value is -0.120. The third kappa shape index (κ3) is 2.79. The maximum Gasteiger partial charge on any atom is 0.0474 e. The molecule has 0 aliphatic rings. The highest BCUT2D eigenvalue weighted by molar-refractivity contribution is 4.64. The Morgan fingerprint density at radius 1 is 1.33 bits per heavy atom. The lowest BCUT2D eigenvalue weighted by Crippen LogP contribution is -2.26. The van der Waals surface area contributed by atoms with E-state index >= 15 is 0 Å². The van der Waals surface area contributed by atoms with Gasteiger partial charge >= 0.3 is 0 Å². The van der Waals surface area contributed by atoms with Crippen molar-refractivity contribution in [3.63, 3.8) is 0 Å². The van der Waals surface area contributed by atoms with E-state index in [4.69, 9.17) is 15.9 Å². The van der Waals surface area contributed by atoms with E-state index in [-0.39, 0.29) is 25.0 Å². The average Bonchev–Trinajstić information content (AvgIpc) is 1.90. The summed E-state index contributed by atoms with van der Waals surface area (Å²) in [5, 5.41) is 17.2. The van der Waals surface area contributed by atoms with E-state index in [1.807, 2.05) is 6.92 Å². The molecule has 0 amide bonds. The van der Waals surface area contributed by atoms with E-state index in [0.29, 0.717) is 6.54 Å². The summed E-state index contributed by atoms with van der Waals surface area (Å²) in [4.78, 5) is 0. The molecule has 0 aromatic rings. The van der Waals surface area contributed by atoms with E-state index in [1.54, 1.807) is 0 Å². The molecule has 2 atom stereocenters. The van der Waals surface area contributed by atoms with Crippen molar-refractivity contribution in [2.75, 3.05) is 19.8 Å². The summed E-state index contributed by atoms with van der Waals surface area (Å²) in [7, 11) is 0. The Labute approximate surface area is 55.5 Å². The van der Waals surface area contributed by atoms with Crippen LogP contribution in [0.25, 0.3) is 0 Å². The standard InChI is InChI=1S/C6H15NO2/c1-5(3-8)6(2-7)4-9/h5-6,8-9H,2-4,7H2,1H3/t5-,6+/m0/s1. The van der Waals surface area contributed by atoms with E-state index < -0.39 is 0 Å². The summed E-state index contributed by atoms with van der Waals surface area (Å²) in [6.07, 6.45) is 0. The highest BCUT2D eigenvalue weighted by Gasteiger charge is 2.12. The Morgan fingerprint density at radius 3 is 2.00 bits per heavy atom. The number of aliphatic hydroxyl groups is 2. The zero-order chi connectivity index (χ0) is 7.28. The second-order valence-electron chi connectivity index (χ2n) is 2.34. The van der Waals surface area contributed by atoms with Crippen molar-refractivity contribution in [3.05, 3.63) is 0 Å². The predicted octanol–water partition coefficient (Wildman–Crippen LogP) is -0.818. The monoisotopic (exact) mass is 133 g/mol. The van der Waals surface area contributed by atoms with Crippen molar-refractivity contribution >= 4 is 0 Å². The topological polar surface area (TPSA) is 66.5 Å². The molecule has 9 heavy (non-hydrogen) atoms. The van der Waals surface area contributed by atoms with Crippen molar-refractivity contribution in [2.24, 2.45) is 17.6 Å². The molecule has 0 unspecified atom stereocenters. The summed E-state index contributed by atoms with van der Waals surface area (Å²) in [6, 6.07) is 0. The molecule has 0 aliphatic heterocycles. The van der Waals surface area contributed by atoms with Crippen LogP contribution in [0.2, 0.25) is 0 Å². The number of rotatable bonds is 4. The Morgan fingerprint density at radius 2 is 1.89 bits per heavy atom. The normalized spacial score (nSPS) is 17.3. The highest BCUT2D eigenvalue weighted by Crippen LogP contribution is 2.07. The molecule has 0 spiro atoms. The van der Waals surface area contributed by atoms with Gasteiger partial charge in [0.05, 0.1) is 0 Å². The fourth-order valence-corrected chi connectivity index (χ4v) is 0.636. The highest BCUT2D eigenvalue weighted by atomic mass is 16.3. The van der Waals surface area contributed by atoms with Gasteiger partial charge in [-0.05, 0) is 18.4 Å². The molecule has 3 nitrogen and oxygen atoms in total. The SMILES string of the molecule is C[C@@H](CO)[C@H](CN)CO. The molecule has 56 valence electrons. The molecule has 0 heterocycles. The van der Waals surface area contributed by atoms with Crippen molar-refractivity contribution in [1.82, 2.24) is 0 Å². The zero-order valence-electron chi connectivity index (χ0n) is 5.75. The second-order valence-corrected chi connectivity index (χ2v) is 2.34. The van der Waals surface area contributed by atoms with Crippen molar-refractivity contribution < 1.29 is 10.2 Å². The molecule has 0 radical (unpaired) electrons. The number of aliphatic hydroxyl groups excluding tert-OH is 2. The first-order valence-electron chi connectivity index (χ1n) is 3.18. The van der Waals surface area contributed by atoms with Crippen LogP contribution in [0, 0.1) is 11.8 Å². The minimum Gasteiger partial charge on any atom is -0.396 e. The molecule has 0 aliphatic carbocycles. The van der Waals surface area contributed by atoms with Crippen LogP contribution in [0.1, 0.15) is 6.92 Å². The summed E-state index contributed by atoms with van der Waals surface area (Å²) >= 11 is 0. The minimum absolute atomic E-state index is 0.0509. The minimum atomic E-state index is 0.0509. The third-order valence-electron chi connectivity index (χ3n) is 1.63. The third-order valence-corrected chi connectivity index (χ3v) is 1.63. The first-order valence-corrected chi connectivity index (χ1v) is 3.18. The summed E-state index contributed by atoms with van der Waals surface area (Å²) in [5.41, 5.74) is 5.29. The smallest absolute Gasteiger partial charge is 0.0474 e. The molecule has 0 aromatic carbocycles. The molecule has 0 aromatic heterocycles. The Bertz CT molecular complexity index is 64.1.